The van der Waals surface area contributed by atoms with Gasteiger partial charge in [0.25, 0.3) is 0 Å². The summed E-state index contributed by atoms with van der Waals surface area (Å²) in [7, 11) is -9.91. The average molecular weight is 1290 g/mol. The summed E-state index contributed by atoms with van der Waals surface area (Å²) in [4.78, 5) is 72.3. The Kier molecular flexibility index (Phi) is 59.1. The molecule has 0 aromatic heterocycles. The van der Waals surface area contributed by atoms with E-state index in [1.54, 1.807) is 0 Å². The maximum absolute atomic E-state index is 13.0. The number of allylic oxidation sites excluding steroid dienone is 4. The minimum atomic E-state index is -4.96. The average Bonchev–Trinajstić information content (AvgIpc) is 3.71. The lowest BCUT2D eigenvalue weighted by Crippen LogP contribution is -2.30. The lowest BCUT2D eigenvalue weighted by Gasteiger charge is -2.21. The molecule has 3 unspecified atom stereocenters. The maximum atomic E-state index is 13.0. The third-order valence-corrected chi connectivity index (χ3v) is 17.6. The van der Waals surface area contributed by atoms with E-state index in [2.05, 4.69) is 65.8 Å². The molecule has 0 aliphatic rings. The van der Waals surface area contributed by atoms with Crippen LogP contribution >= 0.6 is 15.6 Å². The predicted molar refractivity (Wildman–Crippen MR) is 354 cm³/mol. The quantitative estimate of drug-likeness (QED) is 0.0169. The number of phosphoric ester groups is 2. The van der Waals surface area contributed by atoms with Gasteiger partial charge in [-0.25, -0.2) is 9.13 Å². The van der Waals surface area contributed by atoms with Crippen LogP contribution in [0.5, 0.6) is 0 Å². The van der Waals surface area contributed by atoms with Crippen molar-refractivity contribution in [2.75, 3.05) is 39.6 Å². The number of carbonyl (C=O) groups excluding carboxylic acids is 4. The molecule has 19 heteroatoms. The minimum Gasteiger partial charge on any atom is -0.462 e. The number of hydrogen-bond acceptors (Lipinski definition) is 15. The molecule has 0 aliphatic heterocycles. The van der Waals surface area contributed by atoms with Crippen LogP contribution in [0.25, 0.3) is 0 Å². The van der Waals surface area contributed by atoms with E-state index in [-0.39, 0.29) is 25.7 Å². The van der Waals surface area contributed by atoms with Crippen molar-refractivity contribution in [1.82, 2.24) is 0 Å². The van der Waals surface area contributed by atoms with Gasteiger partial charge in [-0.1, -0.05) is 271 Å². The van der Waals surface area contributed by atoms with E-state index in [1.807, 2.05) is 0 Å². The molecule has 518 valence electrons. The lowest BCUT2D eigenvalue weighted by molar-refractivity contribution is -0.161. The van der Waals surface area contributed by atoms with E-state index in [0.29, 0.717) is 25.7 Å². The zero-order chi connectivity index (χ0) is 65.0. The summed E-state index contributed by atoms with van der Waals surface area (Å²) >= 11 is 0. The molecule has 0 fully saturated rings. The van der Waals surface area contributed by atoms with E-state index in [1.165, 1.54) is 116 Å². The number of aliphatic hydroxyl groups excluding tert-OH is 1. The molecule has 3 N–H and O–H groups in total. The summed E-state index contributed by atoms with van der Waals surface area (Å²) in [6.07, 6.45) is 48.1. The van der Waals surface area contributed by atoms with Crippen molar-refractivity contribution in [3.63, 3.8) is 0 Å². The van der Waals surface area contributed by atoms with Crippen LogP contribution in [0.3, 0.4) is 0 Å². The number of ether oxygens (including phenoxy) is 4. The minimum absolute atomic E-state index is 0.0847. The molecular formula is C69H130O17P2. The Labute approximate surface area is 535 Å². The molecule has 0 amide bonds. The third kappa shape index (κ3) is 61.1. The van der Waals surface area contributed by atoms with Crippen molar-refractivity contribution in [2.24, 2.45) is 11.8 Å². The Bertz CT molecular complexity index is 1810. The summed E-state index contributed by atoms with van der Waals surface area (Å²) in [5, 5.41) is 10.6. The zero-order valence-electron chi connectivity index (χ0n) is 56.5. The van der Waals surface area contributed by atoms with Crippen molar-refractivity contribution in [2.45, 2.75) is 342 Å². The number of rotatable bonds is 66. The van der Waals surface area contributed by atoms with E-state index in [4.69, 9.17) is 37.0 Å². The molecule has 0 aromatic carbocycles. The van der Waals surface area contributed by atoms with Gasteiger partial charge < -0.3 is 33.8 Å². The Morgan fingerprint density at radius 3 is 1.02 bits per heavy atom. The monoisotopic (exact) mass is 1290 g/mol. The normalized spacial score (nSPS) is 14.7. The SMILES string of the molecule is CCCCCC/C=C\C=C/CCCCCCCC(=O)O[C@H](COC(=O)CCCCCCCCCCCCCC(C)C)COP(=O)(O)OC[C@@H](O)COP(=O)(O)OC[C@@H](COC(=O)CCCCCCCCC)OC(=O)CCCCCCCCCCC(C)CC. The van der Waals surface area contributed by atoms with Crippen molar-refractivity contribution in [3.05, 3.63) is 24.3 Å². The van der Waals surface area contributed by atoms with Crippen LogP contribution < -0.4 is 0 Å². The van der Waals surface area contributed by atoms with Crippen LogP contribution in [-0.2, 0) is 65.4 Å². The molecule has 0 spiro atoms. The first-order valence-electron chi connectivity index (χ1n) is 35.3. The number of carbonyl (C=O) groups is 4. The lowest BCUT2D eigenvalue weighted by atomic mass is 9.99. The Morgan fingerprint density at radius 1 is 0.375 bits per heavy atom. The van der Waals surface area contributed by atoms with Crippen molar-refractivity contribution in [1.29, 1.82) is 0 Å². The fourth-order valence-electron chi connectivity index (χ4n) is 9.84. The molecule has 17 nitrogen and oxygen atoms in total. The fraction of sp³-hybridized carbons (Fsp3) is 0.884. The summed E-state index contributed by atoms with van der Waals surface area (Å²) in [5.74, 6) is -0.625. The Morgan fingerprint density at radius 2 is 0.670 bits per heavy atom. The van der Waals surface area contributed by atoms with Crippen molar-refractivity contribution in [3.8, 4) is 0 Å². The zero-order valence-corrected chi connectivity index (χ0v) is 58.3. The highest BCUT2D eigenvalue weighted by Crippen LogP contribution is 2.45. The van der Waals surface area contributed by atoms with Gasteiger partial charge >= 0.3 is 39.5 Å². The second-order valence-corrected chi connectivity index (χ2v) is 27.9. The summed E-state index contributed by atoms with van der Waals surface area (Å²) in [6, 6.07) is 0. The third-order valence-electron chi connectivity index (χ3n) is 15.7. The van der Waals surface area contributed by atoms with Gasteiger partial charge in [0.2, 0.25) is 0 Å². The highest BCUT2D eigenvalue weighted by atomic mass is 31.2. The first-order chi connectivity index (χ1) is 42.4. The molecule has 0 radical (unpaired) electrons. The number of esters is 4. The van der Waals surface area contributed by atoms with Crippen LogP contribution in [0.1, 0.15) is 324 Å². The number of aliphatic hydroxyl groups is 1. The second-order valence-electron chi connectivity index (χ2n) is 24.9. The van der Waals surface area contributed by atoms with Crippen molar-refractivity contribution >= 4 is 39.5 Å². The summed E-state index contributed by atoms with van der Waals surface area (Å²) in [5.41, 5.74) is 0. The standard InChI is InChI=1S/C69H130O17P2/c1-7-10-12-14-16-17-18-19-20-21-24-28-35-41-47-53-68(73)85-65(58-80-67(72)52-46-40-34-27-25-22-23-26-32-37-43-49-61(4)5)60-84-88(77,78)82-56-63(70)55-81-87(75,76)83-59-64(57-79-66(71)51-45-39-31-15-13-11-8-2)86-69(74)54-48-42-36-30-29-33-38-44-50-62(6)9-3/h17-20,61-65,70H,7-16,21-60H2,1-6H3,(H,75,76)(H,77,78)/b18-17-,20-19-/t62?,63-,64+,65+/m0/s1. The Hall–Kier alpha value is -2.46. The summed E-state index contributed by atoms with van der Waals surface area (Å²) < 4.78 is 68.1. The smallest absolute Gasteiger partial charge is 0.462 e. The van der Waals surface area contributed by atoms with Crippen molar-refractivity contribution < 1.29 is 80.2 Å². The van der Waals surface area contributed by atoms with Gasteiger partial charge in [0.05, 0.1) is 26.4 Å². The van der Waals surface area contributed by atoms with Gasteiger partial charge in [-0.3, -0.25) is 37.3 Å². The van der Waals surface area contributed by atoms with Crippen LogP contribution in [0, 0.1) is 11.8 Å². The molecule has 0 aromatic rings. The largest absolute Gasteiger partial charge is 0.472 e. The molecule has 0 bridgehead atoms. The molecule has 0 heterocycles. The van der Waals surface area contributed by atoms with E-state index >= 15 is 0 Å². The van der Waals surface area contributed by atoms with Gasteiger partial charge in [-0.05, 0) is 63.2 Å². The fourth-order valence-corrected chi connectivity index (χ4v) is 11.4. The topological polar surface area (TPSA) is 237 Å². The molecule has 0 saturated heterocycles. The molecule has 0 rings (SSSR count). The van der Waals surface area contributed by atoms with Gasteiger partial charge in [-0.15, -0.1) is 0 Å². The molecular weight excluding hydrogens is 1160 g/mol. The Balaban J connectivity index is 5.26. The van der Waals surface area contributed by atoms with Gasteiger partial charge in [0, 0.05) is 25.7 Å². The van der Waals surface area contributed by atoms with E-state index < -0.39 is 97.5 Å². The highest BCUT2D eigenvalue weighted by Gasteiger charge is 2.30. The van der Waals surface area contributed by atoms with Crippen LogP contribution in [0.2, 0.25) is 0 Å². The second kappa shape index (κ2) is 60.8. The van der Waals surface area contributed by atoms with Gasteiger partial charge in [-0.2, -0.15) is 0 Å². The van der Waals surface area contributed by atoms with E-state index in [9.17, 15) is 43.2 Å². The number of hydrogen-bond donors (Lipinski definition) is 3. The van der Waals surface area contributed by atoms with Crippen LogP contribution in [-0.4, -0.2) is 96.7 Å². The van der Waals surface area contributed by atoms with Gasteiger partial charge in [0.1, 0.15) is 19.3 Å². The van der Waals surface area contributed by atoms with Gasteiger partial charge in [0.15, 0.2) is 12.2 Å². The van der Waals surface area contributed by atoms with Crippen LogP contribution in [0.15, 0.2) is 24.3 Å². The summed E-state index contributed by atoms with van der Waals surface area (Å²) in [6.45, 7) is 9.43. The predicted octanol–water partition coefficient (Wildman–Crippen LogP) is 19.2. The first kappa shape index (κ1) is 85.5. The highest BCUT2D eigenvalue weighted by molar-refractivity contribution is 7.47. The molecule has 0 saturated carbocycles. The molecule has 88 heavy (non-hydrogen) atoms. The van der Waals surface area contributed by atoms with E-state index in [0.717, 1.165) is 127 Å². The molecule has 0 aliphatic carbocycles. The molecule has 6 atom stereocenters. The number of phosphoric acid groups is 2. The first-order valence-corrected chi connectivity index (χ1v) is 38.3. The van der Waals surface area contributed by atoms with Crippen LogP contribution in [0.4, 0.5) is 0 Å². The maximum Gasteiger partial charge on any atom is 0.472 e. The number of unbranched alkanes of at least 4 members (excludes halogenated alkanes) is 32.